The van der Waals surface area contributed by atoms with Gasteiger partial charge in [0.05, 0.1) is 16.4 Å². The van der Waals surface area contributed by atoms with Gasteiger partial charge in [0.1, 0.15) is 0 Å². The van der Waals surface area contributed by atoms with Crippen LogP contribution in [0.1, 0.15) is 37.0 Å². The number of hydrogen-bond acceptors (Lipinski definition) is 4. The SMILES string of the molecule is CN=C(NCCc1ccc(-n2cccn2)cc1)NCCc1nc(C(C)(C)C)cs1. The summed E-state index contributed by atoms with van der Waals surface area (Å²) in [5.41, 5.74) is 3.62. The van der Waals surface area contributed by atoms with Gasteiger partial charge in [-0.2, -0.15) is 5.10 Å². The van der Waals surface area contributed by atoms with E-state index in [0.29, 0.717) is 0 Å². The molecule has 7 heteroatoms. The van der Waals surface area contributed by atoms with E-state index in [1.165, 1.54) is 11.3 Å². The maximum absolute atomic E-state index is 4.74. The van der Waals surface area contributed by atoms with Crippen molar-refractivity contribution in [3.05, 3.63) is 64.4 Å². The first-order chi connectivity index (χ1) is 14.0. The van der Waals surface area contributed by atoms with Crippen LogP contribution in [0.4, 0.5) is 0 Å². The van der Waals surface area contributed by atoms with E-state index in [4.69, 9.17) is 4.98 Å². The standard InChI is InChI=1S/C22H30N6S/c1-22(2,3)19-16-29-20(27-19)11-14-25-21(23-4)24-13-10-17-6-8-18(9-7-17)28-15-5-12-26-28/h5-9,12,15-16H,10-11,13-14H2,1-4H3,(H2,23,24,25). The average Bonchev–Trinajstić information content (AvgIpc) is 3.39. The van der Waals surface area contributed by atoms with Crippen molar-refractivity contribution in [3.63, 3.8) is 0 Å². The Morgan fingerprint density at radius 1 is 1.10 bits per heavy atom. The molecule has 3 rings (SSSR count). The Morgan fingerprint density at radius 2 is 1.83 bits per heavy atom. The van der Waals surface area contributed by atoms with Crippen LogP contribution in [0.25, 0.3) is 5.69 Å². The molecule has 0 unspecified atom stereocenters. The van der Waals surface area contributed by atoms with Gasteiger partial charge in [-0.1, -0.05) is 32.9 Å². The number of aromatic nitrogens is 3. The molecule has 0 aliphatic carbocycles. The summed E-state index contributed by atoms with van der Waals surface area (Å²) < 4.78 is 1.86. The zero-order valence-corrected chi connectivity index (χ0v) is 18.5. The Kier molecular flexibility index (Phi) is 7.04. The summed E-state index contributed by atoms with van der Waals surface area (Å²) in [6.07, 6.45) is 5.56. The number of hydrogen-bond donors (Lipinski definition) is 2. The van der Waals surface area contributed by atoms with Crippen LogP contribution in [0.15, 0.2) is 53.1 Å². The van der Waals surface area contributed by atoms with Crippen molar-refractivity contribution in [2.24, 2.45) is 4.99 Å². The Bertz CT molecular complexity index is 904. The first-order valence-electron chi connectivity index (χ1n) is 9.94. The summed E-state index contributed by atoms with van der Waals surface area (Å²) in [5, 5.41) is 14.3. The Hall–Kier alpha value is -2.67. The van der Waals surface area contributed by atoms with Crippen LogP contribution in [0, 0.1) is 0 Å². The molecule has 154 valence electrons. The van der Waals surface area contributed by atoms with Crippen molar-refractivity contribution in [1.82, 2.24) is 25.4 Å². The molecular formula is C22H30N6S. The van der Waals surface area contributed by atoms with Crippen LogP contribution in [-0.2, 0) is 18.3 Å². The minimum atomic E-state index is 0.108. The molecule has 0 spiro atoms. The molecule has 0 aliphatic heterocycles. The summed E-state index contributed by atoms with van der Waals surface area (Å²) in [4.78, 5) is 9.05. The minimum absolute atomic E-state index is 0.108. The summed E-state index contributed by atoms with van der Waals surface area (Å²) in [6, 6.07) is 10.4. The highest BCUT2D eigenvalue weighted by Gasteiger charge is 2.17. The van der Waals surface area contributed by atoms with Crippen LogP contribution < -0.4 is 10.6 Å². The minimum Gasteiger partial charge on any atom is -0.356 e. The lowest BCUT2D eigenvalue weighted by molar-refractivity contribution is 0.570. The fraction of sp³-hybridized carbons (Fsp3) is 0.409. The Morgan fingerprint density at radius 3 is 2.41 bits per heavy atom. The van der Waals surface area contributed by atoms with Crippen molar-refractivity contribution in [1.29, 1.82) is 0 Å². The number of aliphatic imine (C=N–C) groups is 1. The van der Waals surface area contributed by atoms with Crippen LogP contribution in [0.2, 0.25) is 0 Å². The average molecular weight is 411 g/mol. The van der Waals surface area contributed by atoms with Crippen LogP contribution in [-0.4, -0.2) is 40.9 Å². The molecule has 0 fully saturated rings. The van der Waals surface area contributed by atoms with Gasteiger partial charge < -0.3 is 10.6 Å². The van der Waals surface area contributed by atoms with Gasteiger partial charge in [-0.15, -0.1) is 11.3 Å². The zero-order chi connectivity index (χ0) is 20.7. The smallest absolute Gasteiger partial charge is 0.191 e. The van der Waals surface area contributed by atoms with Crippen LogP contribution in [0.5, 0.6) is 0 Å². The second kappa shape index (κ2) is 9.69. The maximum atomic E-state index is 4.74. The molecule has 0 saturated heterocycles. The molecule has 0 bridgehead atoms. The Balaban J connectivity index is 1.40. The first kappa shape index (κ1) is 21.0. The molecule has 0 amide bonds. The third-order valence-electron chi connectivity index (χ3n) is 4.59. The highest BCUT2D eigenvalue weighted by Crippen LogP contribution is 2.23. The molecule has 0 aliphatic rings. The van der Waals surface area contributed by atoms with Gasteiger partial charge in [-0.3, -0.25) is 4.99 Å². The van der Waals surface area contributed by atoms with Crippen molar-refractivity contribution < 1.29 is 0 Å². The van der Waals surface area contributed by atoms with Crippen LogP contribution >= 0.6 is 11.3 Å². The predicted molar refractivity (Wildman–Crippen MR) is 121 cm³/mol. The van der Waals surface area contributed by atoms with Crippen LogP contribution in [0.3, 0.4) is 0 Å². The normalized spacial score (nSPS) is 12.2. The number of rotatable bonds is 7. The largest absolute Gasteiger partial charge is 0.356 e. The van der Waals surface area contributed by atoms with Gasteiger partial charge in [0.2, 0.25) is 0 Å². The summed E-state index contributed by atoms with van der Waals surface area (Å²) >= 11 is 1.73. The third kappa shape index (κ3) is 6.15. The van der Waals surface area contributed by atoms with Gasteiger partial charge in [0.15, 0.2) is 5.96 Å². The van der Waals surface area contributed by atoms with Crippen molar-refractivity contribution in [2.75, 3.05) is 20.1 Å². The molecule has 6 nitrogen and oxygen atoms in total. The second-order valence-corrected chi connectivity index (χ2v) is 8.86. The lowest BCUT2D eigenvalue weighted by Crippen LogP contribution is -2.39. The van der Waals surface area contributed by atoms with E-state index >= 15 is 0 Å². The topological polar surface area (TPSA) is 67.1 Å². The summed E-state index contributed by atoms with van der Waals surface area (Å²) in [5.74, 6) is 0.825. The molecule has 0 atom stereocenters. The molecule has 2 aromatic heterocycles. The molecule has 0 saturated carbocycles. The van der Waals surface area contributed by atoms with Crippen molar-refractivity contribution >= 4 is 17.3 Å². The van der Waals surface area contributed by atoms with E-state index in [1.807, 2.05) is 16.9 Å². The highest BCUT2D eigenvalue weighted by molar-refractivity contribution is 7.09. The fourth-order valence-electron chi connectivity index (χ4n) is 2.84. The number of nitrogens with one attached hydrogen (secondary N) is 2. The van der Waals surface area contributed by atoms with Crippen molar-refractivity contribution in [2.45, 2.75) is 39.0 Å². The van der Waals surface area contributed by atoms with E-state index < -0.39 is 0 Å². The number of thiazole rings is 1. The highest BCUT2D eigenvalue weighted by atomic mass is 32.1. The van der Waals surface area contributed by atoms with E-state index in [0.717, 1.165) is 42.6 Å². The molecular weight excluding hydrogens is 380 g/mol. The molecule has 3 aromatic rings. The second-order valence-electron chi connectivity index (χ2n) is 7.92. The fourth-order valence-corrected chi connectivity index (χ4v) is 3.87. The van der Waals surface area contributed by atoms with E-state index in [-0.39, 0.29) is 5.41 Å². The molecule has 2 heterocycles. The van der Waals surface area contributed by atoms with E-state index in [9.17, 15) is 0 Å². The monoisotopic (exact) mass is 410 g/mol. The first-order valence-corrected chi connectivity index (χ1v) is 10.8. The zero-order valence-electron chi connectivity index (χ0n) is 17.6. The van der Waals surface area contributed by atoms with Crippen molar-refractivity contribution in [3.8, 4) is 5.69 Å². The van der Waals surface area contributed by atoms with Gasteiger partial charge in [0, 0.05) is 49.7 Å². The lowest BCUT2D eigenvalue weighted by atomic mass is 9.93. The predicted octanol–water partition coefficient (Wildman–Crippen LogP) is 3.58. The van der Waals surface area contributed by atoms with Gasteiger partial charge in [-0.25, -0.2) is 9.67 Å². The maximum Gasteiger partial charge on any atom is 0.191 e. The van der Waals surface area contributed by atoms with Gasteiger partial charge in [-0.05, 0) is 30.2 Å². The van der Waals surface area contributed by atoms with E-state index in [2.05, 4.69) is 71.1 Å². The quantitative estimate of drug-likeness (QED) is 0.462. The third-order valence-corrected chi connectivity index (χ3v) is 5.50. The molecule has 1 aromatic carbocycles. The summed E-state index contributed by atoms with van der Waals surface area (Å²) in [7, 11) is 1.80. The number of guanidine groups is 1. The molecule has 0 radical (unpaired) electrons. The van der Waals surface area contributed by atoms with Gasteiger partial charge >= 0.3 is 0 Å². The molecule has 2 N–H and O–H groups in total. The molecule has 29 heavy (non-hydrogen) atoms. The Labute approximate surface area is 177 Å². The summed E-state index contributed by atoms with van der Waals surface area (Å²) in [6.45, 7) is 8.23. The lowest BCUT2D eigenvalue weighted by Gasteiger charge is -2.14. The van der Waals surface area contributed by atoms with Gasteiger partial charge in [0.25, 0.3) is 0 Å². The van der Waals surface area contributed by atoms with E-state index in [1.54, 1.807) is 24.6 Å². The number of benzene rings is 1. The number of nitrogens with zero attached hydrogens (tertiary/aromatic N) is 4.